The van der Waals surface area contributed by atoms with Gasteiger partial charge in [0.15, 0.2) is 5.60 Å². The van der Waals surface area contributed by atoms with Crippen LogP contribution in [0.25, 0.3) is 0 Å². The fourth-order valence-electron chi connectivity index (χ4n) is 5.71. The quantitative estimate of drug-likeness (QED) is 0.682. The first kappa shape index (κ1) is 21.3. The van der Waals surface area contributed by atoms with Gasteiger partial charge in [-0.1, -0.05) is 38.5 Å². The molecule has 1 aromatic heterocycles. The monoisotopic (exact) mass is 419 g/mol. The Morgan fingerprint density at radius 1 is 1.07 bits per heavy atom. The van der Waals surface area contributed by atoms with Gasteiger partial charge in [0.05, 0.1) is 10.4 Å². The number of piperidine rings is 1. The fraction of sp³-hybridized carbons (Fsp3) is 0.826. The number of carbonyl (C=O) groups is 1. The molecular weight excluding hydrogens is 382 g/mol. The summed E-state index contributed by atoms with van der Waals surface area (Å²) in [5.74, 6) is 0.677. The Morgan fingerprint density at radius 3 is 2.34 bits per heavy atom. The molecule has 1 aliphatic heterocycles. The summed E-state index contributed by atoms with van der Waals surface area (Å²) in [5, 5.41) is 14.7. The number of thiazole rings is 1. The third-order valence-corrected chi connectivity index (χ3v) is 8.41. The molecular formula is C23H37N3O2S. The zero-order valence-electron chi connectivity index (χ0n) is 17.7. The van der Waals surface area contributed by atoms with E-state index < -0.39 is 5.60 Å². The van der Waals surface area contributed by atoms with Crippen LogP contribution in [0, 0.1) is 11.8 Å². The third-order valence-electron chi connectivity index (χ3n) is 7.51. The summed E-state index contributed by atoms with van der Waals surface area (Å²) in [6.07, 6.45) is 16.1. The number of nitrogens with one attached hydrogen (secondary N) is 1. The van der Waals surface area contributed by atoms with Crippen molar-refractivity contribution < 1.29 is 9.90 Å². The maximum atomic E-state index is 13.3. The second-order valence-electron chi connectivity index (χ2n) is 9.52. The van der Waals surface area contributed by atoms with Crippen molar-refractivity contribution in [3.05, 3.63) is 16.6 Å². The molecule has 1 saturated heterocycles. The normalized spacial score (nSPS) is 25.6. The summed E-state index contributed by atoms with van der Waals surface area (Å²) in [6, 6.07) is 0.175. The molecule has 3 aliphatic rings. The van der Waals surface area contributed by atoms with Gasteiger partial charge >= 0.3 is 0 Å². The Hall–Kier alpha value is -0.980. The lowest BCUT2D eigenvalue weighted by Crippen LogP contribution is -2.54. The Kier molecular flexibility index (Phi) is 7.25. The molecule has 1 amide bonds. The highest BCUT2D eigenvalue weighted by Gasteiger charge is 2.48. The minimum atomic E-state index is -1.41. The van der Waals surface area contributed by atoms with Crippen molar-refractivity contribution in [1.82, 2.24) is 15.2 Å². The standard InChI is InChI=1S/C23H37N3O2S/c27-22(23(28,19-9-5-6-10-19)21-15-24-17-29-21)25-20-11-13-26(14-12-20)16-18-7-3-1-2-4-8-18/h15,17-20,28H,1-14,16H2,(H,25,27). The van der Waals surface area contributed by atoms with Crippen LogP contribution in [0.4, 0.5) is 0 Å². The summed E-state index contributed by atoms with van der Waals surface area (Å²) >= 11 is 1.40. The van der Waals surface area contributed by atoms with Gasteiger partial charge in [0, 0.05) is 37.8 Å². The van der Waals surface area contributed by atoms with Crippen molar-refractivity contribution in [2.75, 3.05) is 19.6 Å². The SMILES string of the molecule is O=C(NC1CCN(CC2CCCCCC2)CC1)C(O)(c1cncs1)C1CCCC1. The number of aliphatic hydroxyl groups is 1. The minimum absolute atomic E-state index is 0.0123. The highest BCUT2D eigenvalue weighted by molar-refractivity contribution is 7.09. The van der Waals surface area contributed by atoms with Gasteiger partial charge in [0.2, 0.25) is 0 Å². The highest BCUT2D eigenvalue weighted by Crippen LogP contribution is 2.42. The molecule has 2 saturated carbocycles. The zero-order valence-corrected chi connectivity index (χ0v) is 18.5. The average Bonchev–Trinajstić information content (AvgIpc) is 3.41. The van der Waals surface area contributed by atoms with E-state index in [0.717, 1.165) is 57.5 Å². The van der Waals surface area contributed by atoms with E-state index in [-0.39, 0.29) is 17.9 Å². The van der Waals surface area contributed by atoms with Gasteiger partial charge in [-0.15, -0.1) is 11.3 Å². The second kappa shape index (κ2) is 9.88. The topological polar surface area (TPSA) is 65.5 Å². The molecule has 0 radical (unpaired) electrons. The molecule has 0 bridgehead atoms. The van der Waals surface area contributed by atoms with E-state index in [1.54, 1.807) is 11.7 Å². The maximum absolute atomic E-state index is 13.3. The number of nitrogens with zero attached hydrogens (tertiary/aromatic N) is 2. The van der Waals surface area contributed by atoms with E-state index in [0.29, 0.717) is 4.88 Å². The minimum Gasteiger partial charge on any atom is -0.374 e. The molecule has 29 heavy (non-hydrogen) atoms. The van der Waals surface area contributed by atoms with Crippen LogP contribution in [-0.4, -0.2) is 46.6 Å². The molecule has 1 unspecified atom stereocenters. The number of hydrogen-bond donors (Lipinski definition) is 2. The lowest BCUT2D eigenvalue weighted by molar-refractivity contribution is -0.148. The Morgan fingerprint density at radius 2 is 1.72 bits per heavy atom. The van der Waals surface area contributed by atoms with Crippen LogP contribution in [0.1, 0.15) is 81.9 Å². The lowest BCUT2D eigenvalue weighted by Gasteiger charge is -2.37. The Labute approximate surface area is 179 Å². The van der Waals surface area contributed by atoms with Crippen LogP contribution in [-0.2, 0) is 10.4 Å². The molecule has 4 rings (SSSR count). The van der Waals surface area contributed by atoms with Gasteiger partial charge in [0.1, 0.15) is 0 Å². The molecule has 6 heteroatoms. The predicted octanol–water partition coefficient (Wildman–Crippen LogP) is 4.07. The molecule has 2 N–H and O–H groups in total. The van der Waals surface area contributed by atoms with Gasteiger partial charge in [-0.2, -0.15) is 0 Å². The summed E-state index contributed by atoms with van der Waals surface area (Å²) in [4.78, 5) is 20.7. The van der Waals surface area contributed by atoms with Crippen LogP contribution in [0.15, 0.2) is 11.7 Å². The summed E-state index contributed by atoms with van der Waals surface area (Å²) in [7, 11) is 0. The van der Waals surface area contributed by atoms with Crippen molar-refractivity contribution >= 4 is 17.2 Å². The first-order valence-electron chi connectivity index (χ1n) is 11.8. The van der Waals surface area contributed by atoms with E-state index in [2.05, 4.69) is 15.2 Å². The molecule has 162 valence electrons. The van der Waals surface area contributed by atoms with Crippen molar-refractivity contribution in [2.24, 2.45) is 11.8 Å². The van der Waals surface area contributed by atoms with E-state index in [1.165, 1.54) is 56.4 Å². The van der Waals surface area contributed by atoms with Crippen LogP contribution in [0.2, 0.25) is 0 Å². The molecule has 0 spiro atoms. The van der Waals surface area contributed by atoms with Crippen LogP contribution in [0.5, 0.6) is 0 Å². The number of amides is 1. The first-order chi connectivity index (χ1) is 14.2. The number of likely N-dealkylation sites (tertiary alicyclic amines) is 1. The van der Waals surface area contributed by atoms with E-state index in [1.807, 2.05) is 0 Å². The van der Waals surface area contributed by atoms with Crippen molar-refractivity contribution in [3.8, 4) is 0 Å². The van der Waals surface area contributed by atoms with Crippen molar-refractivity contribution in [2.45, 2.75) is 88.7 Å². The molecule has 1 atom stereocenters. The van der Waals surface area contributed by atoms with Crippen LogP contribution < -0.4 is 5.32 Å². The molecule has 0 aromatic carbocycles. The van der Waals surface area contributed by atoms with E-state index in [9.17, 15) is 9.90 Å². The molecule has 2 aliphatic carbocycles. The third kappa shape index (κ3) is 5.02. The zero-order chi connectivity index (χ0) is 20.1. The van der Waals surface area contributed by atoms with Crippen molar-refractivity contribution in [3.63, 3.8) is 0 Å². The maximum Gasteiger partial charge on any atom is 0.258 e. The van der Waals surface area contributed by atoms with Gasteiger partial charge in [-0.3, -0.25) is 9.78 Å². The summed E-state index contributed by atoms with van der Waals surface area (Å²) < 4.78 is 0. The lowest BCUT2D eigenvalue weighted by atomic mass is 9.83. The van der Waals surface area contributed by atoms with E-state index >= 15 is 0 Å². The summed E-state index contributed by atoms with van der Waals surface area (Å²) in [5.41, 5.74) is 0.309. The second-order valence-corrected chi connectivity index (χ2v) is 10.4. The molecule has 3 fully saturated rings. The average molecular weight is 420 g/mol. The van der Waals surface area contributed by atoms with Crippen LogP contribution >= 0.6 is 11.3 Å². The number of rotatable bonds is 6. The highest BCUT2D eigenvalue weighted by atomic mass is 32.1. The van der Waals surface area contributed by atoms with E-state index in [4.69, 9.17) is 0 Å². The smallest absolute Gasteiger partial charge is 0.258 e. The van der Waals surface area contributed by atoms with Crippen LogP contribution in [0.3, 0.4) is 0 Å². The largest absolute Gasteiger partial charge is 0.374 e. The van der Waals surface area contributed by atoms with Gasteiger partial charge in [-0.25, -0.2) is 0 Å². The first-order valence-corrected chi connectivity index (χ1v) is 12.7. The number of carbonyl (C=O) groups excluding carboxylic acids is 1. The number of hydrogen-bond acceptors (Lipinski definition) is 5. The fourth-order valence-corrected chi connectivity index (χ4v) is 6.51. The van der Waals surface area contributed by atoms with Crippen molar-refractivity contribution in [1.29, 1.82) is 0 Å². The number of aromatic nitrogens is 1. The molecule has 5 nitrogen and oxygen atoms in total. The Balaban J connectivity index is 1.31. The summed E-state index contributed by atoms with van der Waals surface area (Å²) in [6.45, 7) is 3.35. The molecule has 2 heterocycles. The Bertz CT molecular complexity index is 631. The molecule has 1 aromatic rings. The van der Waals surface area contributed by atoms with Gasteiger partial charge < -0.3 is 15.3 Å². The van der Waals surface area contributed by atoms with Gasteiger partial charge in [-0.05, 0) is 44.4 Å². The predicted molar refractivity (Wildman–Crippen MR) is 117 cm³/mol. The van der Waals surface area contributed by atoms with Gasteiger partial charge in [0.25, 0.3) is 5.91 Å².